The third kappa shape index (κ3) is 3.95. The molecule has 0 N–H and O–H groups in total. The number of nitrogens with zero attached hydrogens (tertiary/aromatic N) is 4. The van der Waals surface area contributed by atoms with Gasteiger partial charge in [0.25, 0.3) is 5.91 Å². The van der Waals surface area contributed by atoms with Crippen molar-refractivity contribution < 1.29 is 27.6 Å². The molecule has 1 aliphatic heterocycles. The SMILES string of the molecule is CN1C(=O)N(CC(=O)N(CC(F)(F)F)C2CCCc3cccnc32)C(=O)C12CCCCC2. The Morgan fingerprint density at radius 3 is 2.62 bits per heavy atom. The normalized spacial score (nSPS) is 22.9. The van der Waals surface area contributed by atoms with Gasteiger partial charge in [0.15, 0.2) is 0 Å². The summed E-state index contributed by atoms with van der Waals surface area (Å²) in [7, 11) is 1.53. The topological polar surface area (TPSA) is 73.8 Å². The van der Waals surface area contributed by atoms with Crippen LogP contribution in [0, 0.1) is 0 Å². The highest BCUT2D eigenvalue weighted by Gasteiger charge is 2.56. The van der Waals surface area contributed by atoms with Gasteiger partial charge in [-0.15, -0.1) is 0 Å². The first kappa shape index (κ1) is 22.5. The summed E-state index contributed by atoms with van der Waals surface area (Å²) in [4.78, 5) is 46.4. The van der Waals surface area contributed by atoms with Crippen LogP contribution in [-0.4, -0.2) is 69.4 Å². The Morgan fingerprint density at radius 1 is 1.22 bits per heavy atom. The number of likely N-dealkylation sites (N-methyl/N-ethyl adjacent to an activating group) is 1. The Balaban J connectivity index is 1.60. The summed E-state index contributed by atoms with van der Waals surface area (Å²) in [5.74, 6) is -1.37. The number of halogens is 3. The van der Waals surface area contributed by atoms with E-state index in [1.54, 1.807) is 12.1 Å². The fourth-order valence-electron chi connectivity index (χ4n) is 5.35. The van der Waals surface area contributed by atoms with Gasteiger partial charge < -0.3 is 9.80 Å². The van der Waals surface area contributed by atoms with Gasteiger partial charge in [-0.2, -0.15) is 13.2 Å². The van der Waals surface area contributed by atoms with E-state index in [0.29, 0.717) is 37.8 Å². The quantitative estimate of drug-likeness (QED) is 0.656. The summed E-state index contributed by atoms with van der Waals surface area (Å²) in [6.07, 6.45) is 2.08. The van der Waals surface area contributed by atoms with Crippen molar-refractivity contribution in [3.8, 4) is 0 Å². The molecule has 7 nitrogen and oxygen atoms in total. The highest BCUT2D eigenvalue weighted by Crippen LogP contribution is 2.40. The number of hydrogen-bond donors (Lipinski definition) is 0. The van der Waals surface area contributed by atoms with E-state index in [4.69, 9.17) is 0 Å². The molecule has 4 amide bonds. The maximum Gasteiger partial charge on any atom is 0.406 e. The van der Waals surface area contributed by atoms with Crippen LogP contribution in [0.4, 0.5) is 18.0 Å². The van der Waals surface area contributed by atoms with Crippen LogP contribution in [0.2, 0.25) is 0 Å². The van der Waals surface area contributed by atoms with Crippen molar-refractivity contribution in [2.24, 2.45) is 0 Å². The van der Waals surface area contributed by atoms with Crippen LogP contribution in [0.5, 0.6) is 0 Å². The molecule has 32 heavy (non-hydrogen) atoms. The van der Waals surface area contributed by atoms with E-state index < -0.39 is 48.7 Å². The monoisotopic (exact) mass is 452 g/mol. The smallest absolute Gasteiger partial charge is 0.323 e. The number of carbonyl (C=O) groups is 3. The molecule has 174 valence electrons. The Kier molecular flexibility index (Phi) is 5.89. The second-order valence-electron chi connectivity index (χ2n) is 8.92. The van der Waals surface area contributed by atoms with E-state index >= 15 is 0 Å². The molecular weight excluding hydrogens is 425 g/mol. The highest BCUT2D eigenvalue weighted by molar-refractivity contribution is 6.09. The number of fused-ring (bicyclic) bond motifs is 1. The molecule has 3 aliphatic rings. The summed E-state index contributed by atoms with van der Waals surface area (Å²) < 4.78 is 40.3. The Morgan fingerprint density at radius 2 is 1.94 bits per heavy atom. The number of urea groups is 1. The molecule has 0 bridgehead atoms. The molecule has 0 aromatic carbocycles. The first-order valence-electron chi connectivity index (χ1n) is 11.0. The van der Waals surface area contributed by atoms with Crippen molar-refractivity contribution in [2.75, 3.05) is 20.1 Å². The average molecular weight is 452 g/mol. The van der Waals surface area contributed by atoms with Crippen LogP contribution in [0.15, 0.2) is 18.3 Å². The zero-order valence-corrected chi connectivity index (χ0v) is 18.0. The van der Waals surface area contributed by atoms with Crippen molar-refractivity contribution in [3.05, 3.63) is 29.6 Å². The maximum atomic E-state index is 13.4. The maximum absolute atomic E-state index is 13.4. The van der Waals surface area contributed by atoms with Crippen molar-refractivity contribution in [2.45, 2.75) is 69.1 Å². The highest BCUT2D eigenvalue weighted by atomic mass is 19.4. The number of pyridine rings is 1. The number of aryl methyl sites for hydroxylation is 1. The molecule has 1 aromatic heterocycles. The average Bonchev–Trinajstić information content (AvgIpc) is 2.93. The summed E-state index contributed by atoms with van der Waals surface area (Å²) in [5, 5.41) is 0. The molecule has 1 saturated carbocycles. The van der Waals surface area contributed by atoms with Gasteiger partial charge in [0, 0.05) is 13.2 Å². The molecule has 1 unspecified atom stereocenters. The van der Waals surface area contributed by atoms with E-state index in [1.165, 1.54) is 18.1 Å². The largest absolute Gasteiger partial charge is 0.406 e. The predicted octanol–water partition coefficient (Wildman–Crippen LogP) is 3.45. The zero-order chi connectivity index (χ0) is 23.1. The van der Waals surface area contributed by atoms with Gasteiger partial charge in [-0.3, -0.25) is 19.5 Å². The number of rotatable bonds is 4. The van der Waals surface area contributed by atoms with Gasteiger partial charge in [0.1, 0.15) is 18.6 Å². The van der Waals surface area contributed by atoms with Crippen LogP contribution in [0.1, 0.15) is 62.2 Å². The first-order chi connectivity index (χ1) is 15.1. The van der Waals surface area contributed by atoms with E-state index in [0.717, 1.165) is 34.6 Å². The van der Waals surface area contributed by atoms with Gasteiger partial charge in [-0.25, -0.2) is 4.79 Å². The second-order valence-corrected chi connectivity index (χ2v) is 8.92. The summed E-state index contributed by atoms with van der Waals surface area (Å²) in [6, 6.07) is 2.06. The third-order valence-electron chi connectivity index (χ3n) is 6.99. The molecule has 2 aliphatic carbocycles. The van der Waals surface area contributed by atoms with Gasteiger partial charge in [0.05, 0.1) is 11.7 Å². The molecule has 2 heterocycles. The lowest BCUT2D eigenvalue weighted by atomic mass is 9.81. The fourth-order valence-corrected chi connectivity index (χ4v) is 5.35. The van der Waals surface area contributed by atoms with Gasteiger partial charge in [-0.1, -0.05) is 25.3 Å². The molecule has 1 saturated heterocycles. The molecule has 1 spiro atoms. The standard InChI is InChI=1S/C22H27F3N4O3/c1-27-20(32)28(19(31)21(27)10-3-2-4-11-21)13-17(30)29(14-22(23,24)25)16-9-5-7-15-8-6-12-26-18(15)16/h6,8,12,16H,2-5,7,9-11,13-14H2,1H3. The van der Waals surface area contributed by atoms with Crippen LogP contribution in [0.25, 0.3) is 0 Å². The van der Waals surface area contributed by atoms with Crippen LogP contribution in [-0.2, 0) is 16.0 Å². The van der Waals surface area contributed by atoms with E-state index in [1.807, 2.05) is 0 Å². The summed E-state index contributed by atoms with van der Waals surface area (Å²) in [5.41, 5.74) is 0.290. The molecule has 1 atom stereocenters. The lowest BCUT2D eigenvalue weighted by molar-refractivity contribution is -0.167. The lowest BCUT2D eigenvalue weighted by Gasteiger charge is -2.36. The minimum absolute atomic E-state index is 0.345. The Hall–Kier alpha value is -2.65. The Bertz CT molecular complexity index is 914. The number of alkyl halides is 3. The molecular formula is C22H27F3N4O3. The van der Waals surface area contributed by atoms with Gasteiger partial charge in [0.2, 0.25) is 5.91 Å². The predicted molar refractivity (Wildman–Crippen MR) is 108 cm³/mol. The minimum Gasteiger partial charge on any atom is -0.323 e. The summed E-state index contributed by atoms with van der Waals surface area (Å²) >= 11 is 0. The fraction of sp³-hybridized carbons (Fsp3) is 0.636. The van der Waals surface area contributed by atoms with Crippen LogP contribution in [0.3, 0.4) is 0 Å². The minimum atomic E-state index is -4.62. The number of amides is 4. The lowest BCUT2D eigenvalue weighted by Crippen LogP contribution is -2.50. The second kappa shape index (κ2) is 8.37. The van der Waals surface area contributed by atoms with Crippen molar-refractivity contribution in [1.29, 1.82) is 0 Å². The molecule has 10 heteroatoms. The van der Waals surface area contributed by atoms with Gasteiger partial charge in [-0.05, 0) is 43.7 Å². The van der Waals surface area contributed by atoms with Crippen LogP contribution >= 0.6 is 0 Å². The van der Waals surface area contributed by atoms with Crippen molar-refractivity contribution in [3.63, 3.8) is 0 Å². The van der Waals surface area contributed by atoms with Gasteiger partial charge >= 0.3 is 12.2 Å². The summed E-state index contributed by atoms with van der Waals surface area (Å²) in [6.45, 7) is -2.15. The third-order valence-corrected chi connectivity index (χ3v) is 6.99. The van der Waals surface area contributed by atoms with Crippen molar-refractivity contribution in [1.82, 2.24) is 19.7 Å². The number of carbonyl (C=O) groups excluding carboxylic acids is 3. The molecule has 4 rings (SSSR count). The number of imide groups is 1. The zero-order valence-electron chi connectivity index (χ0n) is 18.0. The van der Waals surface area contributed by atoms with E-state index in [9.17, 15) is 27.6 Å². The molecule has 1 aromatic rings. The van der Waals surface area contributed by atoms with Crippen LogP contribution < -0.4 is 0 Å². The number of hydrogen-bond acceptors (Lipinski definition) is 4. The van der Waals surface area contributed by atoms with E-state index in [-0.39, 0.29) is 0 Å². The number of aromatic nitrogens is 1. The molecule has 0 radical (unpaired) electrons. The van der Waals surface area contributed by atoms with E-state index in [2.05, 4.69) is 4.98 Å². The first-order valence-corrected chi connectivity index (χ1v) is 11.0. The molecule has 2 fully saturated rings. The Labute approximate surface area is 184 Å². The van der Waals surface area contributed by atoms with Crippen molar-refractivity contribution >= 4 is 17.8 Å².